The molecule has 4 aliphatic rings. The van der Waals surface area contributed by atoms with Gasteiger partial charge in [-0.3, -0.25) is 0 Å². The van der Waals surface area contributed by atoms with Crippen molar-refractivity contribution in [3.63, 3.8) is 0 Å². The Hall–Kier alpha value is 0. The Bertz CT molecular complexity index is 620. The molecule has 32 heavy (non-hydrogen) atoms. The first-order chi connectivity index (χ1) is 15.1. The van der Waals surface area contributed by atoms with E-state index in [1.54, 1.807) is 25.7 Å². The molecule has 13 unspecified atom stereocenters. The molecule has 4 fully saturated rings. The summed E-state index contributed by atoms with van der Waals surface area (Å²) >= 11 is 0. The third-order valence-electron chi connectivity index (χ3n) is 12.5. The molecule has 4 rings (SSSR count). The third kappa shape index (κ3) is 4.37. The maximum Gasteiger partial charge on any atom is -0.0287 e. The highest BCUT2D eigenvalue weighted by Gasteiger charge is 2.58. The molecule has 0 aromatic carbocycles. The van der Waals surface area contributed by atoms with E-state index in [0.29, 0.717) is 5.41 Å². The van der Waals surface area contributed by atoms with Crippen molar-refractivity contribution in [2.24, 2.45) is 82.3 Å². The zero-order valence-electron chi connectivity index (χ0n) is 23.4. The van der Waals surface area contributed by atoms with Crippen LogP contribution in [0.5, 0.6) is 0 Å². The third-order valence-corrected chi connectivity index (χ3v) is 12.5. The summed E-state index contributed by atoms with van der Waals surface area (Å²) in [7, 11) is 0. The van der Waals surface area contributed by atoms with Gasteiger partial charge in [0.25, 0.3) is 0 Å². The first-order valence-corrected chi connectivity index (χ1v) is 15.1. The first-order valence-electron chi connectivity index (χ1n) is 15.1. The van der Waals surface area contributed by atoms with Crippen molar-refractivity contribution in [1.29, 1.82) is 0 Å². The largest absolute Gasteiger partial charge is 0.0651 e. The second kappa shape index (κ2) is 9.57. The molecule has 186 valence electrons. The molecular weight excluding hydrogens is 384 g/mol. The summed E-state index contributed by atoms with van der Waals surface area (Å²) in [6.45, 7) is 23.3. The molecule has 0 spiro atoms. The van der Waals surface area contributed by atoms with E-state index in [2.05, 4.69) is 62.3 Å². The summed E-state index contributed by atoms with van der Waals surface area (Å²) in [5.74, 6) is 12.5. The Balaban J connectivity index is 1.59. The summed E-state index contributed by atoms with van der Waals surface area (Å²) < 4.78 is 0. The van der Waals surface area contributed by atoms with Gasteiger partial charge >= 0.3 is 0 Å². The van der Waals surface area contributed by atoms with Gasteiger partial charge in [0, 0.05) is 0 Å². The van der Waals surface area contributed by atoms with Gasteiger partial charge in [0.1, 0.15) is 0 Å². The monoisotopic (exact) mass is 442 g/mol. The lowest BCUT2D eigenvalue weighted by molar-refractivity contribution is -0.152. The van der Waals surface area contributed by atoms with Crippen LogP contribution in [0.15, 0.2) is 0 Å². The molecule has 0 heterocycles. The van der Waals surface area contributed by atoms with Crippen molar-refractivity contribution >= 4 is 0 Å². The average Bonchev–Trinajstić information content (AvgIpc) is 2.71. The lowest BCUT2D eigenvalue weighted by Crippen LogP contribution is -2.57. The van der Waals surface area contributed by atoms with Crippen LogP contribution in [0.1, 0.15) is 120 Å². The predicted molar refractivity (Wildman–Crippen MR) is 140 cm³/mol. The van der Waals surface area contributed by atoms with Crippen molar-refractivity contribution in [1.82, 2.24) is 0 Å². The van der Waals surface area contributed by atoms with Crippen LogP contribution >= 0.6 is 0 Å². The van der Waals surface area contributed by atoms with Crippen molar-refractivity contribution in [3.05, 3.63) is 0 Å². The molecule has 0 aromatic heterocycles. The lowest BCUT2D eigenvalue weighted by Gasteiger charge is -2.64. The molecule has 0 aromatic rings. The van der Waals surface area contributed by atoms with Gasteiger partial charge < -0.3 is 0 Å². The first kappa shape index (κ1) is 25.1. The Morgan fingerprint density at radius 2 is 1.47 bits per heavy atom. The van der Waals surface area contributed by atoms with Crippen LogP contribution in [0, 0.1) is 82.3 Å². The molecule has 0 heteroatoms. The van der Waals surface area contributed by atoms with E-state index in [0.717, 1.165) is 76.9 Å². The fraction of sp³-hybridized carbons (Fsp3) is 1.00. The van der Waals surface area contributed by atoms with Crippen LogP contribution in [0.4, 0.5) is 0 Å². The smallest absolute Gasteiger partial charge is 0.0287 e. The maximum absolute atomic E-state index is 2.75. The van der Waals surface area contributed by atoms with E-state index in [4.69, 9.17) is 0 Å². The summed E-state index contributed by atoms with van der Waals surface area (Å²) in [6, 6.07) is 0. The van der Waals surface area contributed by atoms with Gasteiger partial charge in [-0.15, -0.1) is 0 Å². The van der Waals surface area contributed by atoms with Crippen LogP contribution in [-0.4, -0.2) is 0 Å². The molecule has 0 aliphatic heterocycles. The van der Waals surface area contributed by atoms with Crippen molar-refractivity contribution < 1.29 is 0 Å². The fourth-order valence-corrected chi connectivity index (χ4v) is 11.2. The van der Waals surface area contributed by atoms with Crippen molar-refractivity contribution in [3.8, 4) is 0 Å². The summed E-state index contributed by atoms with van der Waals surface area (Å²) in [6.07, 6.45) is 13.7. The zero-order chi connectivity index (χ0) is 23.4. The van der Waals surface area contributed by atoms with Crippen LogP contribution in [0.2, 0.25) is 0 Å². The molecule has 4 saturated carbocycles. The highest BCUT2D eigenvalue weighted by atomic mass is 14.6. The molecule has 13 atom stereocenters. The number of hydrogen-bond acceptors (Lipinski definition) is 0. The standard InChI is InChI=1S/C32H58/c1-10-25-12-13-26(16-27(25)15-19(2)3)28-14-11-20(4)30-24(8)31-23(7)22(6)21(5)17-32(31,9)18-29(28)30/h19-31H,10-18H2,1-9H3. The normalized spacial score (nSPS) is 54.2. The Morgan fingerprint density at radius 3 is 2.12 bits per heavy atom. The van der Waals surface area contributed by atoms with Gasteiger partial charge in [0.15, 0.2) is 0 Å². The molecule has 0 N–H and O–H groups in total. The van der Waals surface area contributed by atoms with Crippen LogP contribution < -0.4 is 0 Å². The van der Waals surface area contributed by atoms with E-state index in [9.17, 15) is 0 Å². The Morgan fingerprint density at radius 1 is 0.750 bits per heavy atom. The van der Waals surface area contributed by atoms with Gasteiger partial charge in [0.2, 0.25) is 0 Å². The Kier molecular flexibility index (Phi) is 7.51. The quantitative estimate of drug-likeness (QED) is 0.406. The molecule has 0 bridgehead atoms. The summed E-state index contributed by atoms with van der Waals surface area (Å²) in [5.41, 5.74) is 0.596. The fourth-order valence-electron chi connectivity index (χ4n) is 11.2. The van der Waals surface area contributed by atoms with Gasteiger partial charge in [-0.2, -0.15) is 0 Å². The molecule has 0 radical (unpaired) electrons. The lowest BCUT2D eigenvalue weighted by atomic mass is 9.41. The molecule has 0 amide bonds. The number of rotatable bonds is 4. The van der Waals surface area contributed by atoms with Gasteiger partial charge in [-0.05, 0) is 127 Å². The van der Waals surface area contributed by atoms with Gasteiger partial charge in [-0.1, -0.05) is 75.2 Å². The SMILES string of the molecule is CCC1CCC(C2CCC(C)C3C(C)C4C(C)C(C)C(C)CC4(C)CC23)CC1CC(C)C. The van der Waals surface area contributed by atoms with E-state index < -0.39 is 0 Å². The minimum absolute atomic E-state index is 0.596. The van der Waals surface area contributed by atoms with Crippen LogP contribution in [0.3, 0.4) is 0 Å². The van der Waals surface area contributed by atoms with Crippen molar-refractivity contribution in [2.75, 3.05) is 0 Å². The minimum Gasteiger partial charge on any atom is -0.0651 e. The highest BCUT2D eigenvalue weighted by molar-refractivity contribution is 5.07. The van der Waals surface area contributed by atoms with Crippen LogP contribution in [-0.2, 0) is 0 Å². The van der Waals surface area contributed by atoms with Crippen LogP contribution in [0.25, 0.3) is 0 Å². The molecular formula is C32H58. The molecule has 4 aliphatic carbocycles. The number of fused-ring (bicyclic) bond motifs is 2. The van der Waals surface area contributed by atoms with Crippen molar-refractivity contribution in [2.45, 2.75) is 120 Å². The number of hydrogen-bond donors (Lipinski definition) is 0. The minimum atomic E-state index is 0.596. The maximum atomic E-state index is 2.75. The Labute approximate surface area is 202 Å². The highest BCUT2D eigenvalue weighted by Crippen LogP contribution is 2.65. The molecule has 0 saturated heterocycles. The van der Waals surface area contributed by atoms with E-state index in [1.165, 1.54) is 32.1 Å². The topological polar surface area (TPSA) is 0 Å². The molecule has 0 nitrogen and oxygen atoms in total. The van der Waals surface area contributed by atoms with E-state index >= 15 is 0 Å². The zero-order valence-corrected chi connectivity index (χ0v) is 23.4. The van der Waals surface area contributed by atoms with E-state index in [-0.39, 0.29) is 0 Å². The second-order valence-electron chi connectivity index (χ2n) is 14.7. The second-order valence-corrected chi connectivity index (χ2v) is 14.7. The summed E-state index contributed by atoms with van der Waals surface area (Å²) in [4.78, 5) is 0. The van der Waals surface area contributed by atoms with E-state index in [1.807, 2.05) is 0 Å². The van der Waals surface area contributed by atoms with Gasteiger partial charge in [0.05, 0.1) is 0 Å². The summed E-state index contributed by atoms with van der Waals surface area (Å²) in [5, 5.41) is 0. The predicted octanol–water partition coefficient (Wildman–Crippen LogP) is 9.73. The van der Waals surface area contributed by atoms with Gasteiger partial charge in [-0.25, -0.2) is 0 Å². The average molecular weight is 443 g/mol.